The van der Waals surface area contributed by atoms with E-state index in [1.807, 2.05) is 36.4 Å². The van der Waals surface area contributed by atoms with Crippen LogP contribution in [0.3, 0.4) is 0 Å². The maximum absolute atomic E-state index is 12.2. The molecule has 1 atom stereocenters. The summed E-state index contributed by atoms with van der Waals surface area (Å²) in [5.74, 6) is -1.81. The van der Waals surface area contributed by atoms with Crippen LogP contribution in [0.4, 0.5) is 0 Å². The first kappa shape index (κ1) is 20.1. The van der Waals surface area contributed by atoms with Crippen molar-refractivity contribution in [2.45, 2.75) is 18.9 Å². The first-order valence-corrected chi connectivity index (χ1v) is 8.97. The Morgan fingerprint density at radius 1 is 1.07 bits per heavy atom. The third-order valence-corrected chi connectivity index (χ3v) is 4.23. The van der Waals surface area contributed by atoms with Gasteiger partial charge in [-0.25, -0.2) is 4.79 Å². The normalized spacial score (nSPS) is 11.6. The first-order valence-electron chi connectivity index (χ1n) is 8.97. The molecule has 0 fully saturated rings. The number of rotatable bonds is 8. The number of hydrogen-bond donors (Lipinski definition) is 1. The highest BCUT2D eigenvalue weighted by molar-refractivity contribution is 5.87. The van der Waals surface area contributed by atoms with Gasteiger partial charge in [0.1, 0.15) is 11.7 Å². The summed E-state index contributed by atoms with van der Waals surface area (Å²) in [7, 11) is 1.24. The molecular weight excluding hydrogens is 376 g/mol. The van der Waals surface area contributed by atoms with E-state index in [4.69, 9.17) is 14.0 Å². The average Bonchev–Trinajstić information content (AvgIpc) is 3.15. The molecule has 0 aliphatic carbocycles. The van der Waals surface area contributed by atoms with Gasteiger partial charge in [-0.15, -0.1) is 0 Å². The first-order chi connectivity index (χ1) is 14.1. The van der Waals surface area contributed by atoms with Gasteiger partial charge in [0.2, 0.25) is 0 Å². The predicted molar refractivity (Wildman–Crippen MR) is 103 cm³/mol. The molecule has 0 aliphatic heterocycles. The Morgan fingerprint density at radius 3 is 2.55 bits per heavy atom. The number of ether oxygens (including phenoxy) is 2. The van der Waals surface area contributed by atoms with Gasteiger partial charge in [-0.05, 0) is 17.7 Å². The fraction of sp³-hybridized carbons (Fsp3) is 0.238. The van der Waals surface area contributed by atoms with E-state index in [-0.39, 0.29) is 12.8 Å². The number of hydrogen-bond acceptors (Lipinski definition) is 7. The molecule has 8 heteroatoms. The zero-order valence-electron chi connectivity index (χ0n) is 15.8. The highest BCUT2D eigenvalue weighted by Crippen LogP contribution is 2.18. The van der Waals surface area contributed by atoms with Gasteiger partial charge in [-0.2, -0.15) is 0 Å². The summed E-state index contributed by atoms with van der Waals surface area (Å²) in [4.78, 5) is 36.2. The molecule has 0 spiro atoms. The van der Waals surface area contributed by atoms with Crippen molar-refractivity contribution >= 4 is 28.8 Å². The second-order valence-corrected chi connectivity index (χ2v) is 6.30. The average molecular weight is 396 g/mol. The van der Waals surface area contributed by atoms with Crippen molar-refractivity contribution in [3.63, 3.8) is 0 Å². The van der Waals surface area contributed by atoms with Crippen molar-refractivity contribution in [1.29, 1.82) is 0 Å². The van der Waals surface area contributed by atoms with E-state index < -0.39 is 30.5 Å². The number of nitrogens with one attached hydrogen (secondary N) is 1. The van der Waals surface area contributed by atoms with E-state index in [1.165, 1.54) is 7.11 Å². The van der Waals surface area contributed by atoms with Crippen molar-refractivity contribution in [3.05, 3.63) is 65.9 Å². The Kier molecular flexibility index (Phi) is 6.57. The van der Waals surface area contributed by atoms with Crippen LogP contribution < -0.4 is 5.32 Å². The molecule has 8 nitrogen and oxygen atoms in total. The van der Waals surface area contributed by atoms with Gasteiger partial charge in [0, 0.05) is 11.8 Å². The minimum absolute atomic E-state index is 0.130. The maximum atomic E-state index is 12.2. The van der Waals surface area contributed by atoms with Gasteiger partial charge in [0.05, 0.1) is 13.5 Å². The van der Waals surface area contributed by atoms with Crippen molar-refractivity contribution < 1.29 is 28.4 Å². The van der Waals surface area contributed by atoms with Crippen LogP contribution in [0.5, 0.6) is 0 Å². The number of benzene rings is 2. The van der Waals surface area contributed by atoms with Crippen LogP contribution in [-0.4, -0.2) is 42.8 Å². The molecule has 3 rings (SSSR count). The van der Waals surface area contributed by atoms with Crippen LogP contribution in [0.1, 0.15) is 11.3 Å². The van der Waals surface area contributed by atoms with E-state index in [9.17, 15) is 14.4 Å². The summed E-state index contributed by atoms with van der Waals surface area (Å²) < 4.78 is 14.9. The van der Waals surface area contributed by atoms with Crippen molar-refractivity contribution in [3.8, 4) is 0 Å². The van der Waals surface area contributed by atoms with Crippen LogP contribution in [-0.2, 0) is 36.7 Å². The second-order valence-electron chi connectivity index (χ2n) is 6.30. The number of fused-ring (bicyclic) bond motifs is 1. The Morgan fingerprint density at radius 2 is 1.79 bits per heavy atom. The van der Waals surface area contributed by atoms with Gasteiger partial charge >= 0.3 is 11.9 Å². The summed E-state index contributed by atoms with van der Waals surface area (Å²) in [6, 6.07) is 15.4. The Balaban J connectivity index is 1.53. The zero-order chi connectivity index (χ0) is 20.6. The predicted octanol–water partition coefficient (Wildman–Crippen LogP) is 1.81. The van der Waals surface area contributed by atoms with Crippen molar-refractivity contribution in [1.82, 2.24) is 10.5 Å². The van der Waals surface area contributed by atoms with E-state index in [1.54, 1.807) is 18.2 Å². The zero-order valence-corrected chi connectivity index (χ0v) is 15.8. The van der Waals surface area contributed by atoms with E-state index >= 15 is 0 Å². The number of para-hydroxylation sites is 1. The fourth-order valence-electron chi connectivity index (χ4n) is 2.82. The highest BCUT2D eigenvalue weighted by atomic mass is 16.5. The fourth-order valence-corrected chi connectivity index (χ4v) is 2.82. The van der Waals surface area contributed by atoms with Gasteiger partial charge in [-0.3, -0.25) is 9.59 Å². The number of carbonyl (C=O) groups excluding carboxylic acids is 3. The molecule has 2 aromatic carbocycles. The van der Waals surface area contributed by atoms with Gasteiger partial charge < -0.3 is 19.3 Å². The SMILES string of the molecule is COC(=O)[C@H](Cc1ccccc1)NC(=O)COC(=O)Cc1noc2ccccc12. The lowest BCUT2D eigenvalue weighted by Gasteiger charge is -2.16. The lowest BCUT2D eigenvalue weighted by atomic mass is 10.1. The molecular formula is C21H20N2O6. The molecule has 0 aliphatic rings. The quantitative estimate of drug-likeness (QED) is 0.579. The maximum Gasteiger partial charge on any atom is 0.328 e. The Labute approximate surface area is 166 Å². The molecule has 150 valence electrons. The lowest BCUT2D eigenvalue weighted by molar-refractivity contribution is -0.149. The van der Waals surface area contributed by atoms with Gasteiger partial charge in [-0.1, -0.05) is 47.6 Å². The molecule has 29 heavy (non-hydrogen) atoms. The molecule has 0 unspecified atom stereocenters. The lowest BCUT2D eigenvalue weighted by Crippen LogP contribution is -2.44. The van der Waals surface area contributed by atoms with Crippen molar-refractivity contribution in [2.24, 2.45) is 0 Å². The molecule has 3 aromatic rings. The summed E-state index contributed by atoms with van der Waals surface area (Å²) in [5.41, 5.74) is 1.86. The molecule has 0 radical (unpaired) electrons. The van der Waals surface area contributed by atoms with Crippen LogP contribution in [0.25, 0.3) is 11.0 Å². The van der Waals surface area contributed by atoms with Crippen LogP contribution in [0.2, 0.25) is 0 Å². The van der Waals surface area contributed by atoms with E-state index in [0.29, 0.717) is 16.7 Å². The second kappa shape index (κ2) is 9.50. The number of aromatic nitrogens is 1. The molecule has 1 heterocycles. The number of nitrogens with zero attached hydrogens (tertiary/aromatic N) is 1. The van der Waals surface area contributed by atoms with Crippen molar-refractivity contribution in [2.75, 3.05) is 13.7 Å². The van der Waals surface area contributed by atoms with Crippen LogP contribution >= 0.6 is 0 Å². The Hall–Kier alpha value is -3.68. The minimum Gasteiger partial charge on any atom is -0.467 e. The number of esters is 2. The third kappa shape index (κ3) is 5.41. The van der Waals surface area contributed by atoms with Crippen LogP contribution in [0.15, 0.2) is 59.1 Å². The van der Waals surface area contributed by atoms with Gasteiger partial charge in [0.25, 0.3) is 5.91 Å². The monoisotopic (exact) mass is 396 g/mol. The summed E-state index contributed by atoms with van der Waals surface area (Å²) in [5, 5.41) is 7.10. The number of carbonyl (C=O) groups is 3. The molecule has 1 aromatic heterocycles. The summed E-state index contributed by atoms with van der Waals surface area (Å²) in [6.07, 6.45) is 0.132. The van der Waals surface area contributed by atoms with Crippen LogP contribution in [0, 0.1) is 0 Å². The molecule has 1 N–H and O–H groups in total. The summed E-state index contributed by atoms with van der Waals surface area (Å²) >= 11 is 0. The molecule has 1 amide bonds. The number of amides is 1. The van der Waals surface area contributed by atoms with Gasteiger partial charge in [0.15, 0.2) is 12.2 Å². The smallest absolute Gasteiger partial charge is 0.328 e. The standard InChI is InChI=1S/C21H20N2O6/c1-27-21(26)17(11-14-7-3-2-4-8-14)22-19(24)13-28-20(25)12-16-15-9-5-6-10-18(15)29-23-16/h2-10,17H,11-13H2,1H3,(H,22,24)/t17-/m0/s1. The number of methoxy groups -OCH3 is 1. The topological polar surface area (TPSA) is 108 Å². The Bertz CT molecular complexity index is 999. The molecule has 0 bridgehead atoms. The van der Waals surface area contributed by atoms with E-state index in [0.717, 1.165) is 5.56 Å². The largest absolute Gasteiger partial charge is 0.467 e. The van der Waals surface area contributed by atoms with E-state index in [2.05, 4.69) is 10.5 Å². The highest BCUT2D eigenvalue weighted by Gasteiger charge is 2.23. The molecule has 0 saturated heterocycles. The minimum atomic E-state index is -0.881. The third-order valence-electron chi connectivity index (χ3n) is 4.23. The molecule has 0 saturated carbocycles. The summed E-state index contributed by atoms with van der Waals surface area (Å²) in [6.45, 7) is -0.517.